The molecule has 0 unspecified atom stereocenters. The van der Waals surface area contributed by atoms with E-state index in [-0.39, 0.29) is 23.9 Å². The van der Waals surface area contributed by atoms with E-state index in [4.69, 9.17) is 0 Å². The lowest BCUT2D eigenvalue weighted by Crippen LogP contribution is -2.24. The van der Waals surface area contributed by atoms with Crippen LogP contribution in [0.3, 0.4) is 0 Å². The van der Waals surface area contributed by atoms with Crippen LogP contribution in [0.5, 0.6) is 0 Å². The maximum Gasteiger partial charge on any atom is 0.174 e. The maximum atomic E-state index is 12.1. The van der Waals surface area contributed by atoms with E-state index in [1.54, 1.807) is 0 Å². The number of carbonyl (C=O) groups excluding carboxylic acids is 3. The highest BCUT2D eigenvalue weighted by atomic mass is 16.1. The fraction of sp³-hybridized carbons (Fsp3) is 0.250. The van der Waals surface area contributed by atoms with Gasteiger partial charge in [-0.25, -0.2) is 0 Å². The topological polar surface area (TPSA) is 54.5 Å². The number of hydrogen-bond donors (Lipinski definition) is 0. The monoisotopic (exact) mass is 429 g/mol. The molecule has 0 bridgehead atoms. The first-order valence-corrected chi connectivity index (χ1v) is 10.9. The Morgan fingerprint density at radius 2 is 1.00 bits per heavy atom. The summed E-state index contributed by atoms with van der Waals surface area (Å²) in [5, 5.41) is 0. The number of anilines is 2. The van der Waals surface area contributed by atoms with Crippen LogP contribution in [-0.4, -0.2) is 23.9 Å². The minimum atomic E-state index is -0.0657. The van der Waals surface area contributed by atoms with Crippen LogP contribution in [0, 0.1) is 0 Å². The number of carbonyl (C=O) groups is 3. The first-order chi connectivity index (χ1) is 15.5. The highest BCUT2D eigenvalue weighted by Crippen LogP contribution is 2.27. The van der Waals surface area contributed by atoms with Crippen LogP contribution < -0.4 is 4.90 Å². The molecular formula is C28H31NO3. The SMILES string of the molecule is C=CC(=O)CCCc1ccc(N(CC(=O)C=C)c2ccc(CCCC(=O)C=C)cc2)cc1. The molecule has 0 atom stereocenters. The van der Waals surface area contributed by atoms with E-state index in [9.17, 15) is 14.4 Å². The minimum absolute atomic E-state index is 0.0616. The van der Waals surface area contributed by atoms with Crippen molar-refractivity contribution in [2.45, 2.75) is 38.5 Å². The van der Waals surface area contributed by atoms with Crippen molar-refractivity contribution in [3.63, 3.8) is 0 Å². The fourth-order valence-electron chi connectivity index (χ4n) is 3.37. The molecule has 32 heavy (non-hydrogen) atoms. The molecule has 0 radical (unpaired) electrons. The Morgan fingerprint density at radius 3 is 1.34 bits per heavy atom. The second-order valence-electron chi connectivity index (χ2n) is 7.64. The molecular weight excluding hydrogens is 398 g/mol. The van der Waals surface area contributed by atoms with Gasteiger partial charge in [-0.1, -0.05) is 44.0 Å². The van der Waals surface area contributed by atoms with Crippen LogP contribution in [0.15, 0.2) is 86.5 Å². The number of aryl methyl sites for hydroxylation is 2. The highest BCUT2D eigenvalue weighted by Gasteiger charge is 2.13. The Balaban J connectivity index is 2.10. The van der Waals surface area contributed by atoms with Crippen molar-refractivity contribution in [3.8, 4) is 0 Å². The Kier molecular flexibility index (Phi) is 10.1. The van der Waals surface area contributed by atoms with E-state index in [0.29, 0.717) is 12.8 Å². The molecule has 166 valence electrons. The number of ketones is 3. The van der Waals surface area contributed by atoms with E-state index in [0.717, 1.165) is 48.2 Å². The zero-order valence-corrected chi connectivity index (χ0v) is 18.6. The molecule has 2 aromatic carbocycles. The summed E-state index contributed by atoms with van der Waals surface area (Å²) in [7, 11) is 0. The van der Waals surface area contributed by atoms with E-state index >= 15 is 0 Å². The second-order valence-corrected chi connectivity index (χ2v) is 7.64. The molecule has 4 heteroatoms. The van der Waals surface area contributed by atoms with Gasteiger partial charge in [0.05, 0.1) is 6.54 Å². The first kappa shape index (κ1) is 24.7. The molecule has 0 aliphatic rings. The van der Waals surface area contributed by atoms with Gasteiger partial charge in [-0.05, 0) is 79.3 Å². The van der Waals surface area contributed by atoms with E-state index < -0.39 is 0 Å². The molecule has 0 fully saturated rings. The fourth-order valence-corrected chi connectivity index (χ4v) is 3.37. The van der Waals surface area contributed by atoms with E-state index in [2.05, 4.69) is 19.7 Å². The smallest absolute Gasteiger partial charge is 0.174 e. The summed E-state index contributed by atoms with van der Waals surface area (Å²) < 4.78 is 0. The predicted molar refractivity (Wildman–Crippen MR) is 131 cm³/mol. The number of benzene rings is 2. The van der Waals surface area contributed by atoms with Crippen LogP contribution in [0.1, 0.15) is 36.8 Å². The summed E-state index contributed by atoms with van der Waals surface area (Å²) in [4.78, 5) is 36.8. The largest absolute Gasteiger partial charge is 0.334 e. The molecule has 0 saturated carbocycles. The molecule has 0 amide bonds. The molecule has 0 aliphatic carbocycles. The Hall–Kier alpha value is -3.53. The van der Waals surface area contributed by atoms with Crippen molar-refractivity contribution in [3.05, 3.63) is 97.6 Å². The van der Waals surface area contributed by atoms with Crippen LogP contribution in [-0.2, 0) is 27.2 Å². The summed E-state index contributed by atoms with van der Waals surface area (Å²) in [6.07, 6.45) is 8.25. The van der Waals surface area contributed by atoms with Crippen molar-refractivity contribution >= 4 is 28.7 Å². The minimum Gasteiger partial charge on any atom is -0.334 e. The predicted octanol–water partition coefficient (Wildman–Crippen LogP) is 5.74. The third kappa shape index (κ3) is 7.95. The average molecular weight is 430 g/mol. The summed E-state index contributed by atoms with van der Waals surface area (Å²) in [5.74, 6) is 0.0574. The van der Waals surface area contributed by atoms with Gasteiger partial charge in [0.2, 0.25) is 0 Å². The molecule has 4 nitrogen and oxygen atoms in total. The summed E-state index contributed by atoms with van der Waals surface area (Å²) in [6.45, 7) is 10.8. The molecule has 2 aromatic rings. The lowest BCUT2D eigenvalue weighted by atomic mass is 10.0. The first-order valence-electron chi connectivity index (χ1n) is 10.9. The number of hydrogen-bond acceptors (Lipinski definition) is 4. The van der Waals surface area contributed by atoms with Crippen LogP contribution in [0.25, 0.3) is 0 Å². The summed E-state index contributed by atoms with van der Waals surface area (Å²) >= 11 is 0. The van der Waals surface area contributed by atoms with E-state index in [1.807, 2.05) is 53.4 Å². The Labute approximate surface area is 191 Å². The van der Waals surface area contributed by atoms with Gasteiger partial charge in [-0.2, -0.15) is 0 Å². The number of allylic oxidation sites excluding steroid dienone is 2. The lowest BCUT2D eigenvalue weighted by Gasteiger charge is -2.24. The van der Waals surface area contributed by atoms with Crippen molar-refractivity contribution in [1.29, 1.82) is 0 Å². The molecule has 0 saturated heterocycles. The van der Waals surface area contributed by atoms with Gasteiger partial charge < -0.3 is 4.90 Å². The van der Waals surface area contributed by atoms with Crippen molar-refractivity contribution in [1.82, 2.24) is 0 Å². The summed E-state index contributed by atoms with van der Waals surface area (Å²) in [6, 6.07) is 16.1. The van der Waals surface area contributed by atoms with Gasteiger partial charge in [-0.15, -0.1) is 0 Å². The molecule has 2 rings (SSSR count). The maximum absolute atomic E-state index is 12.1. The molecule has 0 spiro atoms. The van der Waals surface area contributed by atoms with Gasteiger partial charge in [-0.3, -0.25) is 14.4 Å². The average Bonchev–Trinajstić information content (AvgIpc) is 2.83. The van der Waals surface area contributed by atoms with Gasteiger partial charge >= 0.3 is 0 Å². The zero-order valence-electron chi connectivity index (χ0n) is 18.6. The van der Waals surface area contributed by atoms with Crippen LogP contribution in [0.4, 0.5) is 11.4 Å². The second kappa shape index (κ2) is 13.0. The van der Waals surface area contributed by atoms with E-state index in [1.165, 1.54) is 18.2 Å². The highest BCUT2D eigenvalue weighted by molar-refractivity contribution is 5.94. The van der Waals surface area contributed by atoms with Crippen molar-refractivity contribution < 1.29 is 14.4 Å². The van der Waals surface area contributed by atoms with Crippen molar-refractivity contribution in [2.24, 2.45) is 0 Å². The van der Waals surface area contributed by atoms with Gasteiger partial charge in [0.25, 0.3) is 0 Å². The Morgan fingerprint density at radius 1 is 0.625 bits per heavy atom. The molecule has 0 N–H and O–H groups in total. The Bertz CT molecular complexity index is 886. The molecule has 0 heterocycles. The molecule has 0 aromatic heterocycles. The standard InChI is InChI=1S/C28H31NO3/c1-4-26(30)11-7-9-22-13-17-24(18-14-22)29(21-28(32)6-3)25-19-15-23(16-20-25)10-8-12-27(31)5-2/h4-6,13-20H,1-3,7-12,21H2. The van der Waals surface area contributed by atoms with Crippen LogP contribution in [0.2, 0.25) is 0 Å². The van der Waals surface area contributed by atoms with Crippen LogP contribution >= 0.6 is 0 Å². The number of nitrogens with zero attached hydrogens (tertiary/aromatic N) is 1. The summed E-state index contributed by atoms with van der Waals surface area (Å²) in [5.41, 5.74) is 4.11. The van der Waals surface area contributed by atoms with Crippen molar-refractivity contribution in [2.75, 3.05) is 11.4 Å². The third-order valence-electron chi connectivity index (χ3n) is 5.27. The number of rotatable bonds is 15. The normalized spacial score (nSPS) is 10.2. The zero-order chi connectivity index (χ0) is 23.3. The third-order valence-corrected chi connectivity index (χ3v) is 5.27. The van der Waals surface area contributed by atoms with Gasteiger partial charge in [0.1, 0.15) is 0 Å². The lowest BCUT2D eigenvalue weighted by molar-refractivity contribution is -0.115. The van der Waals surface area contributed by atoms with Gasteiger partial charge in [0, 0.05) is 24.2 Å². The van der Waals surface area contributed by atoms with Gasteiger partial charge in [0.15, 0.2) is 17.3 Å². The quantitative estimate of drug-likeness (QED) is 0.339. The molecule has 0 aliphatic heterocycles.